The van der Waals surface area contributed by atoms with E-state index in [1.165, 1.54) is 32.2 Å². The number of alkyl halides is 3. The number of likely N-dealkylation sites (N-methyl/N-ethyl adjacent to an activating group) is 1. The van der Waals surface area contributed by atoms with Crippen LogP contribution in [0.5, 0.6) is 46.0 Å². The highest BCUT2D eigenvalue weighted by molar-refractivity contribution is 6.32. The number of nitrogens with one attached hydrogen (secondary N) is 10. The minimum absolute atomic E-state index is 0.0313. The van der Waals surface area contributed by atoms with Crippen molar-refractivity contribution in [2.45, 2.75) is 206 Å². The lowest BCUT2D eigenvalue weighted by Gasteiger charge is -2.48. The van der Waals surface area contributed by atoms with E-state index in [1.54, 1.807) is 45.0 Å². The zero-order valence-electron chi connectivity index (χ0n) is 73.1. The summed E-state index contributed by atoms with van der Waals surface area (Å²) >= 11 is 14.4. The number of phenols is 3. The van der Waals surface area contributed by atoms with Crippen LogP contribution in [0.15, 0.2) is 121 Å². The van der Waals surface area contributed by atoms with Gasteiger partial charge in [0, 0.05) is 48.3 Å². The van der Waals surface area contributed by atoms with Crippen molar-refractivity contribution < 1.29 is 161 Å². The Morgan fingerprint density at radius 3 is 1.85 bits per heavy atom. The molecule has 2 saturated heterocycles. The number of halogens is 5. The molecule has 22 atom stereocenters. The molecule has 11 bridgehead atoms. The van der Waals surface area contributed by atoms with Gasteiger partial charge in [-0.3, -0.25) is 38.4 Å². The number of aliphatic hydroxyl groups is 11. The SMILES string of the molecule is CN[C@H](CC(C)C)C(=O)N[C@H]1C(=O)N[C@@H](CC(N)=O)C(=O)N[C@H]2C(=O)N[C@H]3C(=O)N[C@H](C(=O)N[C@H](C(=O)O)c4cc(O)c(CNCCCNC(=O)[C@H](O)[C@@H](O)[C@H](O)[C@H](O)CO)c(O)c4-c4cc3ccc4O)[C@H](O)c3ccc(c(Cl)c3)Oc3cc2cc(c3O[C@@H]2O[C@H](CO)[C@@H](O)[C@H](O)[C@H]2O[C@H]2C[C@](C)(NCc3ccc(-c4ccc(C(F)(F)F)cc4)cc3)[C@H](O)[C@H](C)O2)Oc2ccc(cc2Cl)[C@H]1O. The van der Waals surface area contributed by atoms with Crippen LogP contribution in [-0.2, 0) is 76.6 Å². The second kappa shape index (κ2) is 43.7. The number of benzene rings is 7. The van der Waals surface area contributed by atoms with Crippen LogP contribution >= 0.6 is 23.2 Å². The summed E-state index contributed by atoms with van der Waals surface area (Å²) in [5.74, 6) is -18.8. The minimum atomic E-state index is -4.57. The molecule has 7 aromatic rings. The number of rotatable bonds is 28. The molecule has 0 aromatic heterocycles. The van der Waals surface area contributed by atoms with Gasteiger partial charge in [-0.05, 0) is 152 Å². The zero-order chi connectivity index (χ0) is 99.1. The summed E-state index contributed by atoms with van der Waals surface area (Å²) in [5, 5.41) is 194. The van der Waals surface area contributed by atoms with Gasteiger partial charge < -0.3 is 164 Å². The lowest BCUT2D eigenvalue weighted by atomic mass is 9.84. The van der Waals surface area contributed by atoms with Gasteiger partial charge in [0.05, 0.1) is 59.1 Å². The topological polar surface area (TPSA) is 659 Å². The second-order valence-electron chi connectivity index (χ2n) is 34.0. The predicted molar refractivity (Wildman–Crippen MR) is 469 cm³/mol. The first-order chi connectivity index (χ1) is 64.3. The Balaban J connectivity index is 0.999. The Hall–Kier alpha value is -11.7. The van der Waals surface area contributed by atoms with Gasteiger partial charge in [-0.15, -0.1) is 0 Å². The molecule has 0 aliphatic carbocycles. The molecule has 41 nitrogen and oxygen atoms in total. The van der Waals surface area contributed by atoms with E-state index in [1.807, 2.05) is 0 Å². The van der Waals surface area contributed by atoms with E-state index in [0.29, 0.717) is 16.7 Å². The van der Waals surface area contributed by atoms with Gasteiger partial charge in [-0.25, -0.2) is 4.79 Å². The Kier molecular flexibility index (Phi) is 33.2. The van der Waals surface area contributed by atoms with Gasteiger partial charge in [0.15, 0.2) is 36.0 Å². The molecule has 8 amide bonds. The van der Waals surface area contributed by atoms with Crippen LogP contribution < -0.4 is 73.1 Å². The number of aliphatic carboxylic acids is 1. The molecule has 14 rings (SSSR count). The summed E-state index contributed by atoms with van der Waals surface area (Å²) in [6.45, 7) is 3.70. The third-order valence-electron chi connectivity index (χ3n) is 23.9. The first-order valence-electron chi connectivity index (χ1n) is 42.8. The number of primary amides is 1. The number of carbonyl (C=O) groups excluding carboxylic acids is 8. The fourth-order valence-corrected chi connectivity index (χ4v) is 16.7. The average Bonchev–Trinajstić information content (AvgIpc) is 0.750. The number of ether oxygens (including phenoxy) is 6. The molecule has 0 unspecified atom stereocenters. The maximum Gasteiger partial charge on any atom is 0.416 e. The van der Waals surface area contributed by atoms with Gasteiger partial charge in [0.25, 0.3) is 5.91 Å². The molecule has 7 heterocycles. The number of amides is 8. The van der Waals surface area contributed by atoms with Crippen LogP contribution in [0.1, 0.15) is 128 Å². The molecule has 7 aliphatic heterocycles. The standard InChI is InChI=1S/C90H104Cl2F3N11O30/c1-36(2)23-51(97-5)80(122)105-67-69(113)42-14-19-56(49(91)25-42)132-58-27-44-28-59(77(58)136-88-78(75(119)73(117)60(35-108)134-88)135-62-31-89(4,79(121)37(3)131-62)100-32-38-7-9-39(10-8-38)40-11-16-45(17-12-40)90(93,94)95)133-57-20-15-43(26-50(57)92)70(114)68-85(127)104-66(87(129)130)47-29-54(110)48(33-98-21-6-22-99-86(128)76(120)74(118)72(116)55(111)34-107)71(115)63(47)46-24-41(13-18-53(46)109)64(82(124)106-68)103-83(125)65(44)102-81(123)52(30-61(96)112)101-84(67)126/h7-20,24-29,36-37,51-52,55,60,62,64-70,72-76,78-79,88,97-98,100,107-111,113-121H,6,21-23,30-35H2,1-5H3,(H2,96,112)(H,99,128)(H,101,126)(H,102,123)(H,103,125)(H,104,127)(H,105,122)(H,106,124)(H,129,130)/t37-,51+,52-,55+,60+,62-,64+,65+,66-,67+,68-,69+,70+,72+,73+,74-,75-,76+,78+,79+,88-,89-/m0/s1. The lowest BCUT2D eigenvalue weighted by molar-refractivity contribution is -0.334. The van der Waals surface area contributed by atoms with Crippen LogP contribution in [0.3, 0.4) is 0 Å². The molecule has 136 heavy (non-hydrogen) atoms. The van der Waals surface area contributed by atoms with E-state index in [-0.39, 0.29) is 55.9 Å². The zero-order valence-corrected chi connectivity index (χ0v) is 74.6. The minimum Gasteiger partial charge on any atom is -0.507 e. The molecule has 0 spiro atoms. The third-order valence-corrected chi connectivity index (χ3v) is 24.5. The first-order valence-corrected chi connectivity index (χ1v) is 43.6. The highest BCUT2D eigenvalue weighted by atomic mass is 35.5. The Morgan fingerprint density at radius 2 is 1.26 bits per heavy atom. The molecule has 0 saturated carbocycles. The van der Waals surface area contributed by atoms with Crippen molar-refractivity contribution in [2.24, 2.45) is 11.7 Å². The molecule has 734 valence electrons. The first kappa shape index (κ1) is 103. The van der Waals surface area contributed by atoms with E-state index in [9.17, 15) is 109 Å². The van der Waals surface area contributed by atoms with Crippen molar-refractivity contribution in [1.29, 1.82) is 0 Å². The van der Waals surface area contributed by atoms with Crippen LogP contribution in [0.2, 0.25) is 10.0 Å². The fourth-order valence-electron chi connectivity index (χ4n) is 16.3. The molecule has 0 radical (unpaired) electrons. The predicted octanol–water partition coefficient (Wildman–Crippen LogP) is 0.655. The van der Waals surface area contributed by atoms with Crippen LogP contribution in [0.25, 0.3) is 22.3 Å². The number of phenolic OH excluding ortho intramolecular Hbond substituents is 3. The van der Waals surface area contributed by atoms with Crippen LogP contribution in [0.4, 0.5) is 13.2 Å². The highest BCUT2D eigenvalue weighted by Gasteiger charge is 2.53. The van der Waals surface area contributed by atoms with Gasteiger partial charge in [-0.1, -0.05) is 91.6 Å². The van der Waals surface area contributed by atoms with Gasteiger partial charge >= 0.3 is 12.1 Å². The number of carboxylic acid groups (broad SMARTS) is 1. The van der Waals surface area contributed by atoms with Crippen molar-refractivity contribution in [3.8, 4) is 68.2 Å². The number of carboxylic acids is 1. The van der Waals surface area contributed by atoms with E-state index in [0.717, 1.165) is 78.9 Å². The number of aromatic hydroxyl groups is 3. The Labute approximate surface area is 782 Å². The second-order valence-corrected chi connectivity index (χ2v) is 34.8. The molecular formula is C90H104Cl2F3N11O30. The number of hydrogen-bond donors (Lipinski definition) is 26. The van der Waals surface area contributed by atoms with Crippen molar-refractivity contribution in [3.05, 3.63) is 176 Å². The Bertz CT molecular complexity index is 5580. The maximum atomic E-state index is 16.5. The normalized spacial score (nSPS) is 25.9. The summed E-state index contributed by atoms with van der Waals surface area (Å²) in [6, 6.07) is 8.37. The van der Waals surface area contributed by atoms with Gasteiger partial charge in [0.1, 0.15) is 108 Å². The van der Waals surface area contributed by atoms with E-state index < -0.39 is 314 Å². The number of fused-ring (bicyclic) bond motifs is 15. The fraction of sp³-hybridized carbons (Fsp3) is 0.433. The van der Waals surface area contributed by atoms with E-state index >= 15 is 24.0 Å². The average molecular weight is 1950 g/mol. The molecular weight excluding hydrogens is 1840 g/mol. The van der Waals surface area contributed by atoms with Gasteiger partial charge in [-0.2, -0.15) is 13.2 Å². The molecule has 7 aromatic carbocycles. The third kappa shape index (κ3) is 23.4. The summed E-state index contributed by atoms with van der Waals surface area (Å²) in [4.78, 5) is 133. The largest absolute Gasteiger partial charge is 0.507 e. The summed E-state index contributed by atoms with van der Waals surface area (Å²) in [7, 11) is 1.44. The van der Waals surface area contributed by atoms with Crippen molar-refractivity contribution >= 4 is 76.4 Å². The van der Waals surface area contributed by atoms with Crippen molar-refractivity contribution in [2.75, 3.05) is 33.4 Å². The highest BCUT2D eigenvalue weighted by Crippen LogP contribution is 2.51. The number of nitrogens with two attached hydrogens (primary N) is 1. The quantitative estimate of drug-likeness (QED) is 0.0299. The van der Waals surface area contributed by atoms with Crippen molar-refractivity contribution in [3.63, 3.8) is 0 Å². The maximum absolute atomic E-state index is 16.5. The summed E-state index contributed by atoms with van der Waals surface area (Å²) < 4.78 is 79.8. The van der Waals surface area contributed by atoms with Crippen LogP contribution in [-0.4, -0.2) is 267 Å². The molecule has 2 fully saturated rings. The van der Waals surface area contributed by atoms with E-state index in [4.69, 9.17) is 57.4 Å². The number of hydrogen-bond acceptors (Lipinski definition) is 32. The molecule has 27 N–H and O–H groups in total. The molecule has 7 aliphatic rings. The summed E-state index contributed by atoms with van der Waals surface area (Å²) in [5.41, 5.74) is 1.21. The smallest absolute Gasteiger partial charge is 0.416 e. The number of carbonyl (C=O) groups is 9. The summed E-state index contributed by atoms with van der Waals surface area (Å²) in [6.07, 6.45) is -33.1. The van der Waals surface area contributed by atoms with Crippen LogP contribution in [0, 0.1) is 5.92 Å². The number of aliphatic hydroxyl groups excluding tert-OH is 11. The van der Waals surface area contributed by atoms with E-state index in [2.05, 4.69) is 53.2 Å². The Morgan fingerprint density at radius 1 is 0.662 bits per heavy atom. The lowest BCUT2D eigenvalue weighted by Crippen LogP contribution is -2.65. The monoisotopic (exact) mass is 1950 g/mol. The van der Waals surface area contributed by atoms with Crippen molar-refractivity contribution in [1.82, 2.24) is 53.2 Å². The molecule has 46 heteroatoms. The van der Waals surface area contributed by atoms with Gasteiger partial charge in [0.2, 0.25) is 53.4 Å².